The van der Waals surface area contributed by atoms with Crippen LogP contribution in [0.15, 0.2) is 29.2 Å². The highest BCUT2D eigenvalue weighted by atomic mass is 35.5. The zero-order valence-corrected chi connectivity index (χ0v) is 10.4. The molecule has 0 bridgehead atoms. The van der Waals surface area contributed by atoms with Gasteiger partial charge < -0.3 is 5.32 Å². The van der Waals surface area contributed by atoms with E-state index in [9.17, 15) is 8.42 Å². The van der Waals surface area contributed by atoms with Gasteiger partial charge in [0, 0.05) is 5.02 Å². The molecule has 1 aromatic carbocycles. The fourth-order valence-electron chi connectivity index (χ4n) is 1.91. The van der Waals surface area contributed by atoms with Gasteiger partial charge in [0.2, 0.25) is 0 Å². The first-order valence-electron chi connectivity index (χ1n) is 5.27. The van der Waals surface area contributed by atoms with Crippen molar-refractivity contribution < 1.29 is 8.42 Å². The van der Waals surface area contributed by atoms with Crippen LogP contribution in [0.2, 0.25) is 5.02 Å². The van der Waals surface area contributed by atoms with E-state index in [1.165, 1.54) is 0 Å². The lowest BCUT2D eigenvalue weighted by Crippen LogP contribution is -2.18. The number of sulfone groups is 1. The van der Waals surface area contributed by atoms with Gasteiger partial charge in [0.05, 0.1) is 10.6 Å². The van der Waals surface area contributed by atoms with Crippen molar-refractivity contribution in [3.63, 3.8) is 0 Å². The Labute approximate surface area is 101 Å². The van der Waals surface area contributed by atoms with E-state index in [0.29, 0.717) is 9.92 Å². The van der Waals surface area contributed by atoms with E-state index in [-0.39, 0.29) is 11.7 Å². The van der Waals surface area contributed by atoms with Crippen LogP contribution in [-0.4, -0.2) is 27.3 Å². The summed E-state index contributed by atoms with van der Waals surface area (Å²) in [6.07, 6.45) is 0.937. The van der Waals surface area contributed by atoms with Crippen LogP contribution >= 0.6 is 11.6 Å². The minimum Gasteiger partial charge on any atom is -0.316 e. The fourth-order valence-corrected chi connectivity index (χ4v) is 3.68. The summed E-state index contributed by atoms with van der Waals surface area (Å²) in [6.45, 7) is 1.72. The molecule has 1 heterocycles. The maximum absolute atomic E-state index is 12.0. The van der Waals surface area contributed by atoms with E-state index in [0.717, 1.165) is 19.5 Å². The van der Waals surface area contributed by atoms with Gasteiger partial charge in [-0.05, 0) is 49.7 Å². The summed E-state index contributed by atoms with van der Waals surface area (Å²) in [5.74, 6) is 0.461. The minimum absolute atomic E-state index is 0.224. The van der Waals surface area contributed by atoms with Gasteiger partial charge in [-0.3, -0.25) is 0 Å². The van der Waals surface area contributed by atoms with Crippen molar-refractivity contribution in [1.82, 2.24) is 5.32 Å². The van der Waals surface area contributed by atoms with Crippen molar-refractivity contribution in [3.05, 3.63) is 29.3 Å². The van der Waals surface area contributed by atoms with Gasteiger partial charge in [-0.25, -0.2) is 8.42 Å². The lowest BCUT2D eigenvalue weighted by molar-refractivity contribution is 0.570. The summed E-state index contributed by atoms with van der Waals surface area (Å²) < 4.78 is 24.1. The van der Waals surface area contributed by atoms with Gasteiger partial charge in [0.15, 0.2) is 9.84 Å². The van der Waals surface area contributed by atoms with Crippen LogP contribution in [0.5, 0.6) is 0 Å². The number of nitrogens with one attached hydrogen (secondary N) is 1. The molecule has 1 aliphatic heterocycles. The predicted octanol–water partition coefficient (Wildman–Crippen LogP) is 1.72. The molecule has 0 radical (unpaired) electrons. The standard InChI is InChI=1S/C11H14ClNO2S/c12-10-1-3-11(4-2-10)16(14,15)8-9-5-6-13-7-9/h1-4,9,13H,5-8H2. The highest BCUT2D eigenvalue weighted by Gasteiger charge is 2.23. The molecule has 1 aromatic rings. The smallest absolute Gasteiger partial charge is 0.178 e. The van der Waals surface area contributed by atoms with Crippen LogP contribution in [0.3, 0.4) is 0 Å². The second-order valence-corrected chi connectivity index (χ2v) is 6.56. The maximum Gasteiger partial charge on any atom is 0.178 e. The molecule has 88 valence electrons. The lowest BCUT2D eigenvalue weighted by Gasteiger charge is -2.09. The predicted molar refractivity (Wildman–Crippen MR) is 64.5 cm³/mol. The molecular weight excluding hydrogens is 246 g/mol. The molecule has 2 rings (SSSR count). The summed E-state index contributed by atoms with van der Waals surface area (Å²) in [4.78, 5) is 0.365. The second kappa shape index (κ2) is 4.73. The Hall–Kier alpha value is -0.580. The molecule has 0 aromatic heterocycles. The largest absolute Gasteiger partial charge is 0.316 e. The Morgan fingerprint density at radius 3 is 2.56 bits per heavy atom. The zero-order chi connectivity index (χ0) is 11.6. The van der Waals surface area contributed by atoms with Crippen molar-refractivity contribution in [2.45, 2.75) is 11.3 Å². The average Bonchev–Trinajstić information content (AvgIpc) is 2.70. The summed E-state index contributed by atoms with van der Waals surface area (Å²) in [7, 11) is -3.16. The minimum atomic E-state index is -3.16. The first-order chi connectivity index (χ1) is 7.58. The Morgan fingerprint density at radius 1 is 1.31 bits per heavy atom. The van der Waals surface area contributed by atoms with Crippen LogP contribution < -0.4 is 5.32 Å². The number of benzene rings is 1. The Bertz CT molecular complexity index is 449. The third kappa shape index (κ3) is 2.75. The molecule has 1 N–H and O–H groups in total. The van der Waals surface area contributed by atoms with Gasteiger partial charge in [-0.1, -0.05) is 11.6 Å². The van der Waals surface area contributed by atoms with Crippen molar-refractivity contribution in [3.8, 4) is 0 Å². The van der Waals surface area contributed by atoms with Crippen molar-refractivity contribution in [2.75, 3.05) is 18.8 Å². The fraction of sp³-hybridized carbons (Fsp3) is 0.455. The van der Waals surface area contributed by atoms with Crippen LogP contribution in [-0.2, 0) is 9.84 Å². The number of hydrogen-bond donors (Lipinski definition) is 1. The molecule has 0 saturated carbocycles. The zero-order valence-electron chi connectivity index (χ0n) is 8.82. The number of hydrogen-bond acceptors (Lipinski definition) is 3. The molecule has 1 aliphatic rings. The van der Waals surface area contributed by atoms with E-state index in [1.807, 2.05) is 0 Å². The normalized spacial score (nSPS) is 21.2. The topological polar surface area (TPSA) is 46.2 Å². The molecule has 0 amide bonds. The molecule has 0 spiro atoms. The van der Waals surface area contributed by atoms with Crippen LogP contribution in [0.25, 0.3) is 0 Å². The Morgan fingerprint density at radius 2 is 2.00 bits per heavy atom. The van der Waals surface area contributed by atoms with Crippen molar-refractivity contribution in [1.29, 1.82) is 0 Å². The van der Waals surface area contributed by atoms with Crippen LogP contribution in [0, 0.1) is 5.92 Å². The van der Waals surface area contributed by atoms with Crippen LogP contribution in [0.1, 0.15) is 6.42 Å². The molecular formula is C11H14ClNO2S. The molecule has 0 aliphatic carbocycles. The first kappa shape index (κ1) is 11.9. The van der Waals surface area contributed by atoms with E-state index in [1.54, 1.807) is 24.3 Å². The van der Waals surface area contributed by atoms with Gasteiger partial charge in [0.25, 0.3) is 0 Å². The highest BCUT2D eigenvalue weighted by molar-refractivity contribution is 7.91. The van der Waals surface area contributed by atoms with E-state index < -0.39 is 9.84 Å². The molecule has 1 fully saturated rings. The average molecular weight is 260 g/mol. The molecule has 1 atom stereocenters. The molecule has 16 heavy (non-hydrogen) atoms. The summed E-state index contributed by atoms with van der Waals surface area (Å²) in [6, 6.07) is 6.36. The summed E-state index contributed by atoms with van der Waals surface area (Å²) in [5.41, 5.74) is 0. The summed E-state index contributed by atoms with van der Waals surface area (Å²) in [5, 5.41) is 3.73. The summed E-state index contributed by atoms with van der Waals surface area (Å²) >= 11 is 5.73. The first-order valence-corrected chi connectivity index (χ1v) is 7.30. The lowest BCUT2D eigenvalue weighted by atomic mass is 10.2. The number of halogens is 1. The van der Waals surface area contributed by atoms with Crippen LogP contribution in [0.4, 0.5) is 0 Å². The number of rotatable bonds is 3. The van der Waals surface area contributed by atoms with Gasteiger partial charge in [-0.15, -0.1) is 0 Å². The van der Waals surface area contributed by atoms with E-state index in [2.05, 4.69) is 5.32 Å². The van der Waals surface area contributed by atoms with Crippen molar-refractivity contribution >= 4 is 21.4 Å². The highest BCUT2D eigenvalue weighted by Crippen LogP contribution is 2.19. The quantitative estimate of drug-likeness (QED) is 0.899. The van der Waals surface area contributed by atoms with E-state index >= 15 is 0 Å². The Balaban J connectivity index is 2.14. The van der Waals surface area contributed by atoms with Crippen molar-refractivity contribution in [2.24, 2.45) is 5.92 Å². The molecule has 5 heteroatoms. The third-order valence-corrected chi connectivity index (χ3v) is 4.94. The van der Waals surface area contributed by atoms with Gasteiger partial charge in [-0.2, -0.15) is 0 Å². The van der Waals surface area contributed by atoms with Gasteiger partial charge >= 0.3 is 0 Å². The third-order valence-electron chi connectivity index (χ3n) is 2.79. The molecule has 1 unspecified atom stereocenters. The second-order valence-electron chi connectivity index (χ2n) is 4.09. The molecule has 3 nitrogen and oxygen atoms in total. The SMILES string of the molecule is O=S(=O)(CC1CCNC1)c1ccc(Cl)cc1. The monoisotopic (exact) mass is 259 g/mol. The Kier molecular flexibility index (Phi) is 3.52. The van der Waals surface area contributed by atoms with Gasteiger partial charge in [0.1, 0.15) is 0 Å². The van der Waals surface area contributed by atoms with E-state index in [4.69, 9.17) is 11.6 Å². The molecule has 1 saturated heterocycles. The maximum atomic E-state index is 12.0.